The highest BCUT2D eigenvalue weighted by Gasteiger charge is 2.12. The Kier molecular flexibility index (Phi) is 6.23. The summed E-state index contributed by atoms with van der Waals surface area (Å²) in [6.07, 6.45) is 2.75. The fraction of sp³-hybridized carbons (Fsp3) is 0.600. The van der Waals surface area contributed by atoms with Gasteiger partial charge in [-0.25, -0.2) is 0 Å². The van der Waals surface area contributed by atoms with Gasteiger partial charge in [0, 0.05) is 12.1 Å². The van der Waals surface area contributed by atoms with Gasteiger partial charge in [0.25, 0.3) is 0 Å². The minimum atomic E-state index is -0.230. The maximum Gasteiger partial charge on any atom is 0.0526 e. The quantitative estimate of drug-likeness (QED) is 0.761. The Morgan fingerprint density at radius 3 is 2.35 bits per heavy atom. The van der Waals surface area contributed by atoms with Gasteiger partial charge in [-0.3, -0.25) is 0 Å². The summed E-state index contributed by atoms with van der Waals surface area (Å²) in [6, 6.07) is 11.4. The molecule has 3 unspecified atom stereocenters. The van der Waals surface area contributed by atoms with E-state index in [0.29, 0.717) is 12.1 Å². The van der Waals surface area contributed by atoms with Gasteiger partial charge in [0.15, 0.2) is 0 Å². The highest BCUT2D eigenvalue weighted by atomic mass is 16.3. The first kappa shape index (κ1) is 14.2. The SMILES string of the molecule is CCC(Cc1ccccc1)NC(C)CC(C)O. The van der Waals surface area contributed by atoms with Crippen LogP contribution in [0.15, 0.2) is 30.3 Å². The largest absolute Gasteiger partial charge is 0.393 e. The summed E-state index contributed by atoms with van der Waals surface area (Å²) >= 11 is 0. The van der Waals surface area contributed by atoms with E-state index in [9.17, 15) is 5.11 Å². The third kappa shape index (κ3) is 5.85. The van der Waals surface area contributed by atoms with Crippen molar-refractivity contribution in [2.75, 3.05) is 0 Å². The number of nitrogens with one attached hydrogen (secondary N) is 1. The van der Waals surface area contributed by atoms with E-state index in [2.05, 4.69) is 43.4 Å². The molecule has 0 saturated carbocycles. The maximum absolute atomic E-state index is 9.36. The number of hydrogen-bond donors (Lipinski definition) is 2. The van der Waals surface area contributed by atoms with Crippen LogP contribution in [0.4, 0.5) is 0 Å². The zero-order chi connectivity index (χ0) is 12.7. The fourth-order valence-electron chi connectivity index (χ4n) is 2.20. The van der Waals surface area contributed by atoms with E-state index in [1.165, 1.54) is 5.56 Å². The van der Waals surface area contributed by atoms with Crippen LogP contribution in [0.2, 0.25) is 0 Å². The van der Waals surface area contributed by atoms with Gasteiger partial charge in [-0.1, -0.05) is 37.3 Å². The van der Waals surface area contributed by atoms with Crippen LogP contribution >= 0.6 is 0 Å². The fourth-order valence-corrected chi connectivity index (χ4v) is 2.20. The van der Waals surface area contributed by atoms with E-state index in [4.69, 9.17) is 0 Å². The van der Waals surface area contributed by atoms with Crippen molar-refractivity contribution in [2.45, 2.75) is 58.2 Å². The Morgan fingerprint density at radius 2 is 1.82 bits per heavy atom. The molecule has 17 heavy (non-hydrogen) atoms. The van der Waals surface area contributed by atoms with Crippen molar-refractivity contribution in [3.63, 3.8) is 0 Å². The topological polar surface area (TPSA) is 32.3 Å². The summed E-state index contributed by atoms with van der Waals surface area (Å²) in [5.41, 5.74) is 1.37. The summed E-state index contributed by atoms with van der Waals surface area (Å²) in [4.78, 5) is 0. The van der Waals surface area contributed by atoms with Crippen molar-refractivity contribution in [3.8, 4) is 0 Å². The van der Waals surface area contributed by atoms with Gasteiger partial charge < -0.3 is 10.4 Å². The molecule has 1 aromatic carbocycles. The molecule has 3 atom stereocenters. The first-order valence-corrected chi connectivity index (χ1v) is 6.59. The summed E-state index contributed by atoms with van der Waals surface area (Å²) in [5.74, 6) is 0. The molecule has 0 bridgehead atoms. The minimum absolute atomic E-state index is 0.230. The molecule has 0 radical (unpaired) electrons. The number of rotatable bonds is 7. The summed E-state index contributed by atoms with van der Waals surface area (Å²) < 4.78 is 0. The molecular weight excluding hydrogens is 210 g/mol. The molecule has 0 aromatic heterocycles. The average Bonchev–Trinajstić information content (AvgIpc) is 2.28. The second-order valence-electron chi connectivity index (χ2n) is 4.95. The van der Waals surface area contributed by atoms with Gasteiger partial charge in [0.1, 0.15) is 0 Å². The number of benzene rings is 1. The predicted octanol–water partition coefficient (Wildman–Crippen LogP) is 2.76. The van der Waals surface area contributed by atoms with Crippen molar-refractivity contribution < 1.29 is 5.11 Å². The lowest BCUT2D eigenvalue weighted by molar-refractivity contribution is 0.167. The molecule has 2 heteroatoms. The standard InChI is InChI=1S/C15H25NO/c1-4-15(16-12(2)10-13(3)17)11-14-8-6-5-7-9-14/h5-9,12-13,15-17H,4,10-11H2,1-3H3. The van der Waals surface area contributed by atoms with Crippen LogP contribution in [0.1, 0.15) is 39.2 Å². The van der Waals surface area contributed by atoms with Crippen molar-refractivity contribution in [3.05, 3.63) is 35.9 Å². The molecular formula is C15H25NO. The van der Waals surface area contributed by atoms with E-state index in [-0.39, 0.29) is 6.10 Å². The molecule has 0 aliphatic heterocycles. The molecule has 0 amide bonds. The van der Waals surface area contributed by atoms with E-state index < -0.39 is 0 Å². The van der Waals surface area contributed by atoms with Gasteiger partial charge in [-0.05, 0) is 38.7 Å². The van der Waals surface area contributed by atoms with Crippen molar-refractivity contribution in [1.82, 2.24) is 5.32 Å². The van der Waals surface area contributed by atoms with Crippen LogP contribution in [0, 0.1) is 0 Å². The third-order valence-corrected chi connectivity index (χ3v) is 3.03. The number of hydrogen-bond acceptors (Lipinski definition) is 2. The van der Waals surface area contributed by atoms with E-state index >= 15 is 0 Å². The highest BCUT2D eigenvalue weighted by molar-refractivity contribution is 5.15. The second-order valence-corrected chi connectivity index (χ2v) is 4.95. The van der Waals surface area contributed by atoms with Gasteiger partial charge in [0.05, 0.1) is 6.10 Å². The van der Waals surface area contributed by atoms with Crippen LogP contribution in [0.3, 0.4) is 0 Å². The molecule has 2 N–H and O–H groups in total. The molecule has 0 aliphatic rings. The molecule has 1 rings (SSSR count). The van der Waals surface area contributed by atoms with Crippen LogP contribution in [0.5, 0.6) is 0 Å². The van der Waals surface area contributed by atoms with Crippen molar-refractivity contribution in [2.24, 2.45) is 0 Å². The van der Waals surface area contributed by atoms with Gasteiger partial charge in [-0.2, -0.15) is 0 Å². The van der Waals surface area contributed by atoms with Crippen LogP contribution < -0.4 is 5.32 Å². The summed E-state index contributed by atoms with van der Waals surface area (Å²) in [6.45, 7) is 6.19. The lowest BCUT2D eigenvalue weighted by Gasteiger charge is -2.23. The van der Waals surface area contributed by atoms with Gasteiger partial charge >= 0.3 is 0 Å². The molecule has 1 aromatic rings. The van der Waals surface area contributed by atoms with Crippen molar-refractivity contribution >= 4 is 0 Å². The summed E-state index contributed by atoms with van der Waals surface area (Å²) in [5, 5.41) is 12.9. The van der Waals surface area contributed by atoms with E-state index in [0.717, 1.165) is 19.3 Å². The third-order valence-electron chi connectivity index (χ3n) is 3.03. The van der Waals surface area contributed by atoms with Crippen LogP contribution in [0.25, 0.3) is 0 Å². The zero-order valence-corrected chi connectivity index (χ0v) is 11.2. The van der Waals surface area contributed by atoms with E-state index in [1.54, 1.807) is 0 Å². The van der Waals surface area contributed by atoms with Crippen LogP contribution in [-0.2, 0) is 6.42 Å². The lowest BCUT2D eigenvalue weighted by Crippen LogP contribution is -2.39. The minimum Gasteiger partial charge on any atom is -0.393 e. The maximum atomic E-state index is 9.36. The molecule has 2 nitrogen and oxygen atoms in total. The molecule has 96 valence electrons. The van der Waals surface area contributed by atoms with Crippen molar-refractivity contribution in [1.29, 1.82) is 0 Å². The predicted molar refractivity (Wildman–Crippen MR) is 73.1 cm³/mol. The second kappa shape index (κ2) is 7.46. The Balaban J connectivity index is 2.43. The van der Waals surface area contributed by atoms with Gasteiger partial charge in [-0.15, -0.1) is 0 Å². The Bertz CT molecular complexity index is 297. The Labute approximate surface area is 105 Å². The Morgan fingerprint density at radius 1 is 1.18 bits per heavy atom. The molecule has 0 aliphatic carbocycles. The smallest absolute Gasteiger partial charge is 0.0526 e. The summed E-state index contributed by atoms with van der Waals surface area (Å²) in [7, 11) is 0. The molecule has 0 spiro atoms. The molecule has 0 heterocycles. The Hall–Kier alpha value is -0.860. The average molecular weight is 235 g/mol. The highest BCUT2D eigenvalue weighted by Crippen LogP contribution is 2.08. The lowest BCUT2D eigenvalue weighted by atomic mass is 10.0. The van der Waals surface area contributed by atoms with E-state index in [1.807, 2.05) is 13.0 Å². The first-order valence-electron chi connectivity index (χ1n) is 6.59. The zero-order valence-electron chi connectivity index (χ0n) is 11.2. The number of aliphatic hydroxyl groups is 1. The van der Waals surface area contributed by atoms with Gasteiger partial charge in [0.2, 0.25) is 0 Å². The van der Waals surface area contributed by atoms with Crippen LogP contribution in [-0.4, -0.2) is 23.3 Å². The molecule has 0 fully saturated rings. The normalized spacial score (nSPS) is 16.5. The monoisotopic (exact) mass is 235 g/mol. The molecule has 0 saturated heterocycles. The first-order chi connectivity index (χ1) is 8.11. The number of aliphatic hydroxyl groups excluding tert-OH is 1.